The third kappa shape index (κ3) is 2.87. The van der Waals surface area contributed by atoms with E-state index >= 15 is 0 Å². The Morgan fingerprint density at radius 2 is 1.43 bits per heavy atom. The highest BCUT2D eigenvalue weighted by Gasteiger charge is 2.15. The largest absolute Gasteiger partial charge is 0.381 e. The van der Waals surface area contributed by atoms with Gasteiger partial charge in [0.05, 0.1) is 11.4 Å². The molecule has 0 bridgehead atoms. The molecule has 0 spiro atoms. The summed E-state index contributed by atoms with van der Waals surface area (Å²) >= 11 is 0. The predicted molar refractivity (Wildman–Crippen MR) is 86.7 cm³/mol. The number of hydrogen-bond acceptors (Lipinski definition) is 4. The summed E-state index contributed by atoms with van der Waals surface area (Å²) in [5.41, 5.74) is 9.55. The lowest BCUT2D eigenvalue weighted by atomic mass is 10.0. The molecule has 2 N–H and O–H groups in total. The van der Waals surface area contributed by atoms with Crippen molar-refractivity contribution in [2.75, 3.05) is 5.73 Å². The highest BCUT2D eigenvalue weighted by Crippen LogP contribution is 2.30. The summed E-state index contributed by atoms with van der Waals surface area (Å²) in [5.74, 6) is -0.275. The number of nitrogen functional groups attached to an aromatic ring is 1. The van der Waals surface area contributed by atoms with Gasteiger partial charge in [0.1, 0.15) is 11.9 Å². The van der Waals surface area contributed by atoms with Crippen LogP contribution in [-0.2, 0) is 0 Å². The first-order valence-corrected chi connectivity index (χ1v) is 6.99. The van der Waals surface area contributed by atoms with Crippen molar-refractivity contribution in [3.63, 3.8) is 0 Å². The van der Waals surface area contributed by atoms with Gasteiger partial charge in [-0.05, 0) is 31.2 Å². The molecular formula is C18H13FN4. The fourth-order valence-electron chi connectivity index (χ4n) is 2.25. The average Bonchev–Trinajstić information content (AvgIpc) is 2.56. The lowest BCUT2D eigenvalue weighted by Gasteiger charge is -2.10. The second-order valence-corrected chi connectivity index (χ2v) is 5.14. The second kappa shape index (κ2) is 5.85. The van der Waals surface area contributed by atoms with Crippen LogP contribution in [0.15, 0.2) is 48.5 Å². The standard InChI is InChI=1S/C18H13FN4/c1-11-2-4-12(5-3-11)16-17(13-6-8-14(19)9-7-13)23-18(21)15(10-20)22-16/h2-9H,1H3,(H2,21,23). The number of benzene rings is 2. The highest BCUT2D eigenvalue weighted by atomic mass is 19.1. The Bertz CT molecular complexity index is 894. The summed E-state index contributed by atoms with van der Waals surface area (Å²) in [4.78, 5) is 8.66. The van der Waals surface area contributed by atoms with E-state index in [4.69, 9.17) is 11.0 Å². The molecule has 0 amide bonds. The summed E-state index contributed by atoms with van der Waals surface area (Å²) < 4.78 is 13.2. The molecule has 0 aliphatic carbocycles. The Labute approximate surface area is 133 Å². The second-order valence-electron chi connectivity index (χ2n) is 5.14. The first-order valence-electron chi connectivity index (χ1n) is 6.99. The SMILES string of the molecule is Cc1ccc(-c2nc(C#N)c(N)nc2-c2ccc(F)cc2)cc1. The van der Waals surface area contributed by atoms with Crippen molar-refractivity contribution in [2.45, 2.75) is 6.92 Å². The van der Waals surface area contributed by atoms with Crippen LogP contribution < -0.4 is 5.73 Å². The number of anilines is 1. The van der Waals surface area contributed by atoms with E-state index in [0.29, 0.717) is 17.0 Å². The van der Waals surface area contributed by atoms with Crippen LogP contribution in [0.1, 0.15) is 11.3 Å². The van der Waals surface area contributed by atoms with Gasteiger partial charge < -0.3 is 5.73 Å². The molecule has 112 valence electrons. The van der Waals surface area contributed by atoms with Crippen LogP contribution in [0.3, 0.4) is 0 Å². The van der Waals surface area contributed by atoms with Crippen LogP contribution in [0, 0.1) is 24.1 Å². The van der Waals surface area contributed by atoms with E-state index in [9.17, 15) is 4.39 Å². The normalized spacial score (nSPS) is 10.3. The molecule has 0 atom stereocenters. The Hall–Kier alpha value is -3.26. The van der Waals surface area contributed by atoms with Gasteiger partial charge in [0.2, 0.25) is 0 Å². The molecule has 3 aromatic rings. The molecule has 1 heterocycles. The van der Waals surface area contributed by atoms with Gasteiger partial charge in [-0.2, -0.15) is 5.26 Å². The first-order chi connectivity index (χ1) is 11.1. The molecular weight excluding hydrogens is 291 g/mol. The Kier molecular flexibility index (Phi) is 3.73. The fraction of sp³-hybridized carbons (Fsp3) is 0.0556. The van der Waals surface area contributed by atoms with Crippen molar-refractivity contribution in [2.24, 2.45) is 0 Å². The van der Waals surface area contributed by atoms with Gasteiger partial charge in [-0.3, -0.25) is 0 Å². The van der Waals surface area contributed by atoms with Gasteiger partial charge in [0.25, 0.3) is 0 Å². The molecule has 0 unspecified atom stereocenters. The zero-order chi connectivity index (χ0) is 16.4. The number of nitrogens with two attached hydrogens (primary N) is 1. The first kappa shape index (κ1) is 14.7. The van der Waals surface area contributed by atoms with Gasteiger partial charge in [-0.15, -0.1) is 0 Å². The molecule has 0 radical (unpaired) electrons. The van der Waals surface area contributed by atoms with Gasteiger partial charge in [-0.25, -0.2) is 14.4 Å². The fourth-order valence-corrected chi connectivity index (χ4v) is 2.25. The van der Waals surface area contributed by atoms with E-state index in [2.05, 4.69) is 9.97 Å². The number of aromatic nitrogens is 2. The van der Waals surface area contributed by atoms with Crippen LogP contribution in [0.5, 0.6) is 0 Å². The van der Waals surface area contributed by atoms with Crippen LogP contribution in [0.2, 0.25) is 0 Å². The topological polar surface area (TPSA) is 75.6 Å². The molecule has 0 saturated heterocycles. The van der Waals surface area contributed by atoms with Crippen molar-refractivity contribution < 1.29 is 4.39 Å². The third-order valence-electron chi connectivity index (χ3n) is 3.47. The lowest BCUT2D eigenvalue weighted by Crippen LogP contribution is -2.03. The summed E-state index contributed by atoms with van der Waals surface area (Å²) in [7, 11) is 0. The van der Waals surface area contributed by atoms with Crippen LogP contribution in [-0.4, -0.2) is 9.97 Å². The highest BCUT2D eigenvalue weighted by molar-refractivity contribution is 5.79. The van der Waals surface area contributed by atoms with E-state index in [1.807, 2.05) is 37.3 Å². The van der Waals surface area contributed by atoms with Crippen molar-refractivity contribution in [1.29, 1.82) is 5.26 Å². The van der Waals surface area contributed by atoms with Crippen LogP contribution in [0.25, 0.3) is 22.5 Å². The minimum absolute atomic E-state index is 0.0580. The molecule has 0 fully saturated rings. The zero-order valence-electron chi connectivity index (χ0n) is 12.4. The van der Waals surface area contributed by atoms with Gasteiger partial charge in [-0.1, -0.05) is 29.8 Å². The number of hydrogen-bond donors (Lipinski definition) is 1. The van der Waals surface area contributed by atoms with Crippen molar-refractivity contribution in [3.05, 3.63) is 65.6 Å². The zero-order valence-corrected chi connectivity index (χ0v) is 12.4. The van der Waals surface area contributed by atoms with Crippen molar-refractivity contribution >= 4 is 5.82 Å². The average molecular weight is 304 g/mol. The maximum absolute atomic E-state index is 13.2. The maximum atomic E-state index is 13.2. The summed E-state index contributed by atoms with van der Waals surface area (Å²) in [6, 6.07) is 15.6. The van der Waals surface area contributed by atoms with Crippen LogP contribution >= 0.6 is 0 Å². The van der Waals surface area contributed by atoms with Crippen molar-refractivity contribution in [1.82, 2.24) is 9.97 Å². The maximum Gasteiger partial charge on any atom is 0.183 e. The molecule has 3 rings (SSSR count). The number of nitriles is 1. The molecule has 0 aliphatic rings. The molecule has 1 aromatic heterocycles. The summed E-state index contributed by atoms with van der Waals surface area (Å²) in [5, 5.41) is 9.15. The molecule has 23 heavy (non-hydrogen) atoms. The van der Waals surface area contributed by atoms with Gasteiger partial charge in [0.15, 0.2) is 11.5 Å². The minimum atomic E-state index is -0.333. The van der Waals surface area contributed by atoms with E-state index < -0.39 is 0 Å². The van der Waals surface area contributed by atoms with E-state index in [0.717, 1.165) is 11.1 Å². The summed E-state index contributed by atoms with van der Waals surface area (Å²) in [6.45, 7) is 1.99. The smallest absolute Gasteiger partial charge is 0.183 e. The third-order valence-corrected chi connectivity index (χ3v) is 3.47. The molecule has 0 saturated carbocycles. The minimum Gasteiger partial charge on any atom is -0.381 e. The number of halogens is 1. The predicted octanol–water partition coefficient (Wildman–Crippen LogP) is 3.71. The number of nitrogens with zero attached hydrogens (tertiary/aromatic N) is 3. The van der Waals surface area contributed by atoms with Crippen molar-refractivity contribution in [3.8, 4) is 28.6 Å². The Balaban J connectivity index is 2.25. The molecule has 0 aliphatic heterocycles. The van der Waals surface area contributed by atoms with Crippen LogP contribution in [0.4, 0.5) is 10.2 Å². The Morgan fingerprint density at radius 3 is 2.00 bits per heavy atom. The quantitative estimate of drug-likeness (QED) is 0.783. The molecule has 2 aromatic carbocycles. The van der Waals surface area contributed by atoms with Gasteiger partial charge >= 0.3 is 0 Å². The van der Waals surface area contributed by atoms with E-state index in [1.54, 1.807) is 12.1 Å². The Morgan fingerprint density at radius 1 is 0.913 bits per heavy atom. The van der Waals surface area contributed by atoms with Gasteiger partial charge in [0, 0.05) is 11.1 Å². The van der Waals surface area contributed by atoms with E-state index in [1.165, 1.54) is 12.1 Å². The molecule has 4 nitrogen and oxygen atoms in total. The lowest BCUT2D eigenvalue weighted by molar-refractivity contribution is 0.628. The monoisotopic (exact) mass is 304 g/mol. The number of rotatable bonds is 2. The number of aryl methyl sites for hydroxylation is 1. The summed E-state index contributed by atoms with van der Waals surface area (Å²) in [6.07, 6.45) is 0. The molecule has 5 heteroatoms. The van der Waals surface area contributed by atoms with E-state index in [-0.39, 0.29) is 17.3 Å².